The molecule has 0 heterocycles. The van der Waals surface area contributed by atoms with Crippen LogP contribution < -0.4 is 10.6 Å². The maximum absolute atomic E-state index is 12.1. The Morgan fingerprint density at radius 2 is 1.48 bits per heavy atom. The molecular formula is C21H24N2O2. The van der Waals surface area contributed by atoms with Crippen molar-refractivity contribution in [3.8, 4) is 0 Å². The molecule has 0 spiro atoms. The van der Waals surface area contributed by atoms with E-state index in [4.69, 9.17) is 0 Å². The minimum Gasteiger partial charge on any atom is -0.354 e. The van der Waals surface area contributed by atoms with Crippen LogP contribution in [0.3, 0.4) is 0 Å². The molecule has 4 nitrogen and oxygen atoms in total. The number of benzene rings is 2. The molecule has 0 aromatic heterocycles. The van der Waals surface area contributed by atoms with Gasteiger partial charge in [-0.25, -0.2) is 0 Å². The van der Waals surface area contributed by atoms with E-state index in [0.717, 1.165) is 18.4 Å². The highest BCUT2D eigenvalue weighted by Gasteiger charge is 2.38. The molecule has 2 amide bonds. The zero-order valence-electron chi connectivity index (χ0n) is 14.3. The standard InChI is InChI=1S/C21H24N2O2/c24-19(14-17-8-3-1-4-9-17)22-15-20(25)23-16-21(12-7-13-21)18-10-5-2-6-11-18/h1-6,8-11H,7,12-16H2,(H,22,24)(H,23,25). The SMILES string of the molecule is O=C(CNC(=O)Cc1ccccc1)NCC1(c2ccccc2)CCC1. The molecule has 0 unspecified atom stereocenters. The quantitative estimate of drug-likeness (QED) is 0.816. The van der Waals surface area contributed by atoms with Gasteiger partial charge >= 0.3 is 0 Å². The van der Waals surface area contributed by atoms with Crippen molar-refractivity contribution in [3.63, 3.8) is 0 Å². The van der Waals surface area contributed by atoms with Gasteiger partial charge in [0.2, 0.25) is 11.8 Å². The first-order chi connectivity index (χ1) is 12.2. The molecule has 0 radical (unpaired) electrons. The Labute approximate surface area is 148 Å². The van der Waals surface area contributed by atoms with E-state index in [1.54, 1.807) is 0 Å². The molecule has 2 N–H and O–H groups in total. The predicted molar refractivity (Wildman–Crippen MR) is 98.1 cm³/mol. The lowest BCUT2D eigenvalue weighted by Gasteiger charge is -2.42. The lowest BCUT2D eigenvalue weighted by molar-refractivity contribution is -0.126. The number of hydrogen-bond donors (Lipinski definition) is 2. The smallest absolute Gasteiger partial charge is 0.239 e. The van der Waals surface area contributed by atoms with E-state index in [9.17, 15) is 9.59 Å². The van der Waals surface area contributed by atoms with Crippen LogP contribution in [0.15, 0.2) is 60.7 Å². The fourth-order valence-corrected chi connectivity index (χ4v) is 3.32. The van der Waals surface area contributed by atoms with Crippen molar-refractivity contribution in [2.75, 3.05) is 13.1 Å². The number of amides is 2. The highest BCUT2D eigenvalue weighted by atomic mass is 16.2. The highest BCUT2D eigenvalue weighted by Crippen LogP contribution is 2.43. The van der Waals surface area contributed by atoms with Crippen molar-refractivity contribution in [1.82, 2.24) is 10.6 Å². The molecule has 0 atom stereocenters. The summed E-state index contributed by atoms with van der Waals surface area (Å²) in [5.74, 6) is -0.272. The maximum atomic E-state index is 12.1. The van der Waals surface area contributed by atoms with E-state index in [0.29, 0.717) is 13.0 Å². The highest BCUT2D eigenvalue weighted by molar-refractivity contribution is 5.85. The van der Waals surface area contributed by atoms with Crippen molar-refractivity contribution in [1.29, 1.82) is 0 Å². The first-order valence-electron chi connectivity index (χ1n) is 8.81. The first kappa shape index (κ1) is 17.2. The van der Waals surface area contributed by atoms with E-state index in [2.05, 4.69) is 22.8 Å². The molecule has 4 heteroatoms. The Hall–Kier alpha value is -2.62. The van der Waals surface area contributed by atoms with Crippen LogP contribution in [0.4, 0.5) is 0 Å². The number of hydrogen-bond acceptors (Lipinski definition) is 2. The summed E-state index contributed by atoms with van der Waals surface area (Å²) in [4.78, 5) is 24.0. The third-order valence-electron chi connectivity index (χ3n) is 4.97. The van der Waals surface area contributed by atoms with Crippen LogP contribution in [0.5, 0.6) is 0 Å². The molecule has 1 fully saturated rings. The molecular weight excluding hydrogens is 312 g/mol. The molecule has 130 valence electrons. The van der Waals surface area contributed by atoms with Crippen LogP contribution in [-0.4, -0.2) is 24.9 Å². The van der Waals surface area contributed by atoms with Crippen molar-refractivity contribution in [2.45, 2.75) is 31.1 Å². The van der Waals surface area contributed by atoms with Crippen LogP contribution in [0.1, 0.15) is 30.4 Å². The molecule has 1 aliphatic rings. The van der Waals surface area contributed by atoms with Gasteiger partial charge in [-0.2, -0.15) is 0 Å². The summed E-state index contributed by atoms with van der Waals surface area (Å²) in [5, 5.41) is 5.68. The van der Waals surface area contributed by atoms with Gasteiger partial charge in [0.25, 0.3) is 0 Å². The van der Waals surface area contributed by atoms with Crippen LogP contribution in [0.2, 0.25) is 0 Å². The average molecular weight is 336 g/mol. The van der Waals surface area contributed by atoms with Gasteiger partial charge in [0, 0.05) is 12.0 Å². The van der Waals surface area contributed by atoms with E-state index in [-0.39, 0.29) is 23.8 Å². The van der Waals surface area contributed by atoms with E-state index < -0.39 is 0 Å². The second-order valence-electron chi connectivity index (χ2n) is 6.72. The van der Waals surface area contributed by atoms with E-state index in [1.165, 1.54) is 12.0 Å². The van der Waals surface area contributed by atoms with Gasteiger partial charge in [-0.1, -0.05) is 67.1 Å². The van der Waals surface area contributed by atoms with Gasteiger partial charge in [-0.3, -0.25) is 9.59 Å². The summed E-state index contributed by atoms with van der Waals surface area (Å²) in [6.45, 7) is 0.654. The number of rotatable bonds is 7. The number of nitrogens with one attached hydrogen (secondary N) is 2. The zero-order chi connectivity index (χ0) is 17.5. The third kappa shape index (κ3) is 4.47. The van der Waals surface area contributed by atoms with Crippen LogP contribution in [0, 0.1) is 0 Å². The molecule has 2 aromatic carbocycles. The molecule has 25 heavy (non-hydrogen) atoms. The van der Waals surface area contributed by atoms with Crippen LogP contribution >= 0.6 is 0 Å². The Morgan fingerprint density at radius 1 is 0.840 bits per heavy atom. The van der Waals surface area contributed by atoms with Gasteiger partial charge in [0.05, 0.1) is 13.0 Å². The zero-order valence-corrected chi connectivity index (χ0v) is 14.3. The van der Waals surface area contributed by atoms with Crippen molar-refractivity contribution >= 4 is 11.8 Å². The largest absolute Gasteiger partial charge is 0.354 e. The molecule has 0 saturated heterocycles. The maximum Gasteiger partial charge on any atom is 0.239 e. The van der Waals surface area contributed by atoms with E-state index in [1.807, 2.05) is 48.5 Å². The summed E-state index contributed by atoms with van der Waals surface area (Å²) < 4.78 is 0. The monoisotopic (exact) mass is 336 g/mol. The molecule has 0 bridgehead atoms. The van der Waals surface area contributed by atoms with Gasteiger partial charge in [0.1, 0.15) is 0 Å². The Balaban J connectivity index is 1.44. The van der Waals surface area contributed by atoms with Crippen LogP contribution in [-0.2, 0) is 21.4 Å². The molecule has 0 aliphatic heterocycles. The van der Waals surface area contributed by atoms with Gasteiger partial charge < -0.3 is 10.6 Å². The molecule has 2 aromatic rings. The number of carbonyl (C=O) groups is 2. The molecule has 3 rings (SSSR count). The first-order valence-corrected chi connectivity index (χ1v) is 8.81. The minimum absolute atomic E-state index is 0.0243. The summed E-state index contributed by atoms with van der Waals surface area (Å²) in [5.41, 5.74) is 2.29. The van der Waals surface area contributed by atoms with Gasteiger partial charge in [0.15, 0.2) is 0 Å². The van der Waals surface area contributed by atoms with Gasteiger partial charge in [-0.05, 0) is 24.0 Å². The number of carbonyl (C=O) groups excluding carboxylic acids is 2. The van der Waals surface area contributed by atoms with Crippen molar-refractivity contribution in [3.05, 3.63) is 71.8 Å². The van der Waals surface area contributed by atoms with Crippen molar-refractivity contribution < 1.29 is 9.59 Å². The second kappa shape index (κ2) is 7.97. The Kier molecular flexibility index (Phi) is 5.49. The average Bonchev–Trinajstić information content (AvgIpc) is 2.61. The normalized spacial score (nSPS) is 15.0. The Morgan fingerprint density at radius 3 is 2.08 bits per heavy atom. The van der Waals surface area contributed by atoms with E-state index >= 15 is 0 Å². The lowest BCUT2D eigenvalue weighted by atomic mass is 9.64. The summed E-state index contributed by atoms with van der Waals surface area (Å²) >= 11 is 0. The summed E-state index contributed by atoms with van der Waals surface area (Å²) in [6, 6.07) is 19.9. The fourth-order valence-electron chi connectivity index (χ4n) is 3.32. The summed E-state index contributed by atoms with van der Waals surface area (Å²) in [6.07, 6.45) is 3.68. The predicted octanol–water partition coefficient (Wildman–Crippen LogP) is 2.58. The minimum atomic E-state index is -0.136. The van der Waals surface area contributed by atoms with Crippen molar-refractivity contribution in [2.24, 2.45) is 0 Å². The van der Waals surface area contributed by atoms with Gasteiger partial charge in [-0.15, -0.1) is 0 Å². The topological polar surface area (TPSA) is 58.2 Å². The fraction of sp³-hybridized carbons (Fsp3) is 0.333. The molecule has 1 saturated carbocycles. The lowest BCUT2D eigenvalue weighted by Crippen LogP contribution is -2.47. The molecule has 1 aliphatic carbocycles. The third-order valence-corrected chi connectivity index (χ3v) is 4.97. The second-order valence-corrected chi connectivity index (χ2v) is 6.72. The van der Waals surface area contributed by atoms with Crippen LogP contribution in [0.25, 0.3) is 0 Å². The summed E-state index contributed by atoms with van der Waals surface area (Å²) in [7, 11) is 0. The Bertz CT molecular complexity index is 709.